The van der Waals surface area contributed by atoms with Gasteiger partial charge in [-0.05, 0) is 30.3 Å². The van der Waals surface area contributed by atoms with Gasteiger partial charge in [-0.2, -0.15) is 0 Å². The van der Waals surface area contributed by atoms with Gasteiger partial charge in [0.1, 0.15) is 17.5 Å². The summed E-state index contributed by atoms with van der Waals surface area (Å²) in [5.41, 5.74) is 1.18. The molecule has 0 atom stereocenters. The number of anilines is 2. The summed E-state index contributed by atoms with van der Waals surface area (Å²) in [6.45, 7) is 6.18. The third kappa shape index (κ3) is 4.97. The van der Waals surface area contributed by atoms with Gasteiger partial charge in [0.15, 0.2) is 0 Å². The van der Waals surface area contributed by atoms with Gasteiger partial charge < -0.3 is 20.3 Å². The maximum atomic E-state index is 14.4. The van der Waals surface area contributed by atoms with Crippen molar-refractivity contribution >= 4 is 23.3 Å². The summed E-state index contributed by atoms with van der Waals surface area (Å²) in [7, 11) is 0. The van der Waals surface area contributed by atoms with E-state index in [2.05, 4.69) is 20.6 Å². The number of aromatic nitrogens is 2. The third-order valence-corrected chi connectivity index (χ3v) is 5.53. The Hall–Kier alpha value is -3.92. The maximum absolute atomic E-state index is 14.4. The van der Waals surface area contributed by atoms with E-state index >= 15 is 0 Å². The van der Waals surface area contributed by atoms with Crippen LogP contribution >= 0.6 is 0 Å². The van der Waals surface area contributed by atoms with E-state index < -0.39 is 11.6 Å². The van der Waals surface area contributed by atoms with E-state index in [1.807, 2.05) is 13.8 Å². The lowest BCUT2D eigenvalue weighted by Crippen LogP contribution is -2.40. The lowest BCUT2D eigenvalue weighted by Gasteiger charge is -2.26. The zero-order valence-electron chi connectivity index (χ0n) is 19.4. The minimum Gasteiger partial charge on any atom is -0.378 e. The number of amides is 2. The van der Waals surface area contributed by atoms with Gasteiger partial charge in [0.25, 0.3) is 11.8 Å². The fourth-order valence-electron chi connectivity index (χ4n) is 3.88. The van der Waals surface area contributed by atoms with E-state index in [-0.39, 0.29) is 35.2 Å². The first-order valence-corrected chi connectivity index (χ1v) is 11.4. The van der Waals surface area contributed by atoms with Gasteiger partial charge in [0.2, 0.25) is 0 Å². The Balaban J connectivity index is 0.00000141. The van der Waals surface area contributed by atoms with Crippen molar-refractivity contribution in [1.82, 2.24) is 20.2 Å². The Bertz CT molecular complexity index is 1220. The Morgan fingerprint density at radius 2 is 1.80 bits per heavy atom. The van der Waals surface area contributed by atoms with Gasteiger partial charge >= 0.3 is 0 Å². The molecule has 8 nitrogen and oxygen atoms in total. The number of hydrogen-bond donors (Lipinski definition) is 2. The molecular formula is C25H25F2N5O3. The zero-order chi connectivity index (χ0) is 24.9. The van der Waals surface area contributed by atoms with Crippen molar-refractivity contribution in [2.75, 3.05) is 31.6 Å². The number of nitrogens with one attached hydrogen (secondary N) is 2. The predicted octanol–water partition coefficient (Wildman–Crippen LogP) is 3.91. The van der Waals surface area contributed by atoms with Crippen molar-refractivity contribution in [3.05, 3.63) is 71.1 Å². The first-order chi connectivity index (χ1) is 17.0. The van der Waals surface area contributed by atoms with Crippen molar-refractivity contribution in [2.45, 2.75) is 20.4 Å². The Morgan fingerprint density at radius 3 is 2.46 bits per heavy atom. The fourth-order valence-corrected chi connectivity index (χ4v) is 3.88. The third-order valence-electron chi connectivity index (χ3n) is 5.53. The molecule has 0 radical (unpaired) electrons. The molecule has 2 N–H and O–H groups in total. The highest BCUT2D eigenvalue weighted by molar-refractivity contribution is 6.04. The van der Waals surface area contributed by atoms with Crippen molar-refractivity contribution in [2.24, 2.45) is 0 Å². The number of carbonyl (C=O) groups excluding carboxylic acids is 2. The average molecular weight is 482 g/mol. The lowest BCUT2D eigenvalue weighted by atomic mass is 10.1. The predicted molar refractivity (Wildman–Crippen MR) is 126 cm³/mol. The summed E-state index contributed by atoms with van der Waals surface area (Å²) in [6, 6.07) is 8.23. The highest BCUT2D eigenvalue weighted by Gasteiger charge is 2.27. The van der Waals surface area contributed by atoms with Crippen LogP contribution in [0.15, 0.2) is 42.6 Å². The molecule has 0 bridgehead atoms. The summed E-state index contributed by atoms with van der Waals surface area (Å²) in [4.78, 5) is 35.3. The van der Waals surface area contributed by atoms with Crippen LogP contribution < -0.4 is 10.6 Å². The quantitative estimate of drug-likeness (QED) is 0.587. The molecule has 3 aromatic rings. The Labute approximate surface area is 201 Å². The number of halogens is 2. The van der Waals surface area contributed by atoms with E-state index in [1.165, 1.54) is 18.3 Å². The highest BCUT2D eigenvalue weighted by Crippen LogP contribution is 2.33. The molecule has 1 saturated heterocycles. The van der Waals surface area contributed by atoms with Crippen LogP contribution in [-0.4, -0.2) is 53.0 Å². The molecule has 0 saturated carbocycles. The van der Waals surface area contributed by atoms with Crippen molar-refractivity contribution < 1.29 is 23.1 Å². The van der Waals surface area contributed by atoms with Crippen molar-refractivity contribution in [1.29, 1.82) is 0 Å². The smallest absolute Gasteiger partial charge is 0.255 e. The number of pyridine rings is 2. The minimum absolute atomic E-state index is 0.0578. The molecule has 0 unspecified atom stereocenters. The SMILES string of the molecule is CC.O=C1NCc2nc(-c3c(F)cccc3F)cc(Nc3ccc(C(=O)N4CCOCC4)cn3)c21. The molecule has 0 spiro atoms. The summed E-state index contributed by atoms with van der Waals surface area (Å²) in [6.07, 6.45) is 1.44. The lowest BCUT2D eigenvalue weighted by molar-refractivity contribution is 0.0302. The maximum Gasteiger partial charge on any atom is 0.255 e. The molecule has 1 aromatic carbocycles. The highest BCUT2D eigenvalue weighted by atomic mass is 19.1. The Morgan fingerprint density at radius 1 is 1.09 bits per heavy atom. The molecule has 4 heterocycles. The zero-order valence-corrected chi connectivity index (χ0v) is 19.4. The molecule has 2 aliphatic heterocycles. The van der Waals surface area contributed by atoms with Crippen LogP contribution in [0, 0.1) is 11.6 Å². The number of carbonyl (C=O) groups is 2. The molecule has 2 aliphatic rings. The summed E-state index contributed by atoms with van der Waals surface area (Å²) >= 11 is 0. The number of benzene rings is 1. The number of rotatable bonds is 4. The molecule has 1 fully saturated rings. The fraction of sp³-hybridized carbons (Fsp3) is 0.280. The molecule has 2 aromatic heterocycles. The normalized spacial score (nSPS) is 14.5. The second kappa shape index (κ2) is 10.6. The number of fused-ring (bicyclic) bond motifs is 1. The number of ether oxygens (including phenoxy) is 1. The summed E-state index contributed by atoms with van der Waals surface area (Å²) in [5, 5.41) is 5.70. The first-order valence-electron chi connectivity index (χ1n) is 11.4. The second-order valence-electron chi connectivity index (χ2n) is 7.62. The summed E-state index contributed by atoms with van der Waals surface area (Å²) in [5.74, 6) is -1.63. The number of hydrogen-bond acceptors (Lipinski definition) is 6. The second-order valence-corrected chi connectivity index (χ2v) is 7.62. The monoisotopic (exact) mass is 481 g/mol. The van der Waals surface area contributed by atoms with E-state index in [1.54, 1.807) is 17.0 Å². The van der Waals surface area contributed by atoms with E-state index in [9.17, 15) is 18.4 Å². The molecule has 2 amide bonds. The molecule has 0 aliphatic carbocycles. The van der Waals surface area contributed by atoms with E-state index in [0.717, 1.165) is 12.1 Å². The van der Waals surface area contributed by atoms with E-state index in [4.69, 9.17) is 4.74 Å². The van der Waals surface area contributed by atoms with Crippen LogP contribution in [-0.2, 0) is 11.3 Å². The summed E-state index contributed by atoms with van der Waals surface area (Å²) < 4.78 is 34.0. The molecule has 182 valence electrons. The van der Waals surface area contributed by atoms with Crippen LogP contribution in [0.1, 0.15) is 40.3 Å². The van der Waals surface area contributed by atoms with Crippen LogP contribution in [0.5, 0.6) is 0 Å². The average Bonchev–Trinajstić information content (AvgIpc) is 3.26. The van der Waals surface area contributed by atoms with Gasteiger partial charge in [-0.3, -0.25) is 9.59 Å². The van der Waals surface area contributed by atoms with Gasteiger partial charge in [-0.15, -0.1) is 0 Å². The molecule has 5 rings (SSSR count). The van der Waals surface area contributed by atoms with Gasteiger partial charge in [-0.25, -0.2) is 18.7 Å². The van der Waals surface area contributed by atoms with Gasteiger partial charge in [0.05, 0.1) is 53.5 Å². The molecule has 35 heavy (non-hydrogen) atoms. The Kier molecular flexibility index (Phi) is 7.31. The van der Waals surface area contributed by atoms with Crippen molar-refractivity contribution in [3.63, 3.8) is 0 Å². The standard InChI is InChI=1S/C23H19F2N5O3.C2H6/c24-14-2-1-3-15(25)20(14)16-10-17(21-18(28-16)12-27-22(21)31)29-19-5-4-13(11-26-19)23(32)30-6-8-33-9-7-30;1-2/h1-5,10-11H,6-9,12H2,(H,27,31)(H,26,28,29);1-2H3. The van der Waals surface area contributed by atoms with E-state index in [0.29, 0.717) is 49.1 Å². The van der Waals surface area contributed by atoms with Crippen LogP contribution in [0.3, 0.4) is 0 Å². The largest absolute Gasteiger partial charge is 0.378 e. The molecule has 10 heteroatoms. The van der Waals surface area contributed by atoms with Gasteiger partial charge in [-0.1, -0.05) is 19.9 Å². The number of morpholine rings is 1. The minimum atomic E-state index is -0.755. The van der Waals surface area contributed by atoms with Crippen LogP contribution in [0.4, 0.5) is 20.3 Å². The topological polar surface area (TPSA) is 96.5 Å². The van der Waals surface area contributed by atoms with Crippen LogP contribution in [0.2, 0.25) is 0 Å². The first kappa shape index (κ1) is 24.2. The number of nitrogens with zero attached hydrogens (tertiary/aromatic N) is 3. The van der Waals surface area contributed by atoms with Crippen LogP contribution in [0.25, 0.3) is 11.3 Å². The van der Waals surface area contributed by atoms with Gasteiger partial charge in [0, 0.05) is 19.3 Å². The molecular weight excluding hydrogens is 456 g/mol. The van der Waals surface area contributed by atoms with Crippen molar-refractivity contribution in [3.8, 4) is 11.3 Å².